The summed E-state index contributed by atoms with van der Waals surface area (Å²) in [6.07, 6.45) is -0.0286. The van der Waals surface area contributed by atoms with Crippen molar-refractivity contribution in [3.05, 3.63) is 18.2 Å². The maximum Gasteiger partial charge on any atom is 0.494 e. The summed E-state index contributed by atoms with van der Waals surface area (Å²) in [4.78, 5) is 0. The summed E-state index contributed by atoms with van der Waals surface area (Å²) < 4.78 is 34.1. The van der Waals surface area contributed by atoms with Gasteiger partial charge < -0.3 is 28.3 Å². The Labute approximate surface area is 143 Å². The van der Waals surface area contributed by atoms with Crippen molar-refractivity contribution < 1.29 is 28.3 Å². The van der Waals surface area contributed by atoms with Gasteiger partial charge in [0.25, 0.3) is 0 Å². The van der Waals surface area contributed by atoms with Gasteiger partial charge >= 0.3 is 7.12 Å². The topological polar surface area (TPSA) is 55.4 Å². The first-order valence-electron chi connectivity index (χ1n) is 8.33. The highest BCUT2D eigenvalue weighted by atomic mass is 16.7. The van der Waals surface area contributed by atoms with Gasteiger partial charge in [0, 0.05) is 0 Å². The third kappa shape index (κ3) is 3.86. The molecule has 0 radical (unpaired) electrons. The van der Waals surface area contributed by atoms with E-state index in [9.17, 15) is 0 Å². The average Bonchev–Trinajstić information content (AvgIpc) is 2.87. The van der Waals surface area contributed by atoms with E-state index in [4.69, 9.17) is 28.3 Å². The Morgan fingerprint density at radius 1 is 1.25 bits per heavy atom. The summed E-state index contributed by atoms with van der Waals surface area (Å²) in [7, 11) is 1.22. The van der Waals surface area contributed by atoms with E-state index < -0.39 is 7.12 Å². The van der Waals surface area contributed by atoms with Gasteiger partial charge in [-0.15, -0.1) is 0 Å². The molecule has 2 aliphatic rings. The summed E-state index contributed by atoms with van der Waals surface area (Å²) in [5.74, 6) is 1.31. The van der Waals surface area contributed by atoms with Crippen molar-refractivity contribution in [2.45, 2.75) is 38.6 Å². The number of hydrogen-bond acceptors (Lipinski definition) is 6. The fraction of sp³-hybridized carbons (Fsp3) is 0.647. The molecule has 0 amide bonds. The molecule has 2 atom stereocenters. The van der Waals surface area contributed by atoms with Gasteiger partial charge in [0.1, 0.15) is 12.7 Å². The number of rotatable bonds is 5. The van der Waals surface area contributed by atoms with E-state index in [-0.39, 0.29) is 17.8 Å². The number of hydrogen-bond donors (Lipinski definition) is 0. The van der Waals surface area contributed by atoms with E-state index in [1.165, 1.54) is 0 Å². The fourth-order valence-corrected chi connectivity index (χ4v) is 2.66. The molecule has 0 spiro atoms. The van der Waals surface area contributed by atoms with Crippen LogP contribution in [0.15, 0.2) is 18.2 Å². The first kappa shape index (κ1) is 17.5. The normalized spacial score (nSPS) is 26.4. The lowest BCUT2D eigenvalue weighted by molar-refractivity contribution is -0.101. The Kier molecular flexibility index (Phi) is 5.34. The highest BCUT2D eigenvalue weighted by Crippen LogP contribution is 2.30. The Bertz CT molecular complexity index is 558. The summed E-state index contributed by atoms with van der Waals surface area (Å²) in [6, 6.07) is 5.71. The van der Waals surface area contributed by atoms with Gasteiger partial charge in [0.15, 0.2) is 11.5 Å². The van der Waals surface area contributed by atoms with Gasteiger partial charge in [-0.2, -0.15) is 0 Å². The van der Waals surface area contributed by atoms with E-state index >= 15 is 0 Å². The minimum atomic E-state index is -0.395. The van der Waals surface area contributed by atoms with E-state index in [0.717, 1.165) is 5.46 Å². The van der Waals surface area contributed by atoms with Crippen LogP contribution in [0.25, 0.3) is 0 Å². The molecule has 2 aliphatic heterocycles. The minimum absolute atomic E-state index is 0.0212. The second-order valence-electron chi connectivity index (χ2n) is 6.62. The molecule has 7 heteroatoms. The van der Waals surface area contributed by atoms with E-state index in [2.05, 4.69) is 0 Å². The Morgan fingerprint density at radius 2 is 2.08 bits per heavy atom. The second kappa shape index (κ2) is 7.31. The largest absolute Gasteiger partial charge is 0.494 e. The van der Waals surface area contributed by atoms with E-state index in [1.54, 1.807) is 7.11 Å². The van der Waals surface area contributed by atoms with E-state index in [1.807, 2.05) is 39.0 Å². The molecular weight excluding hydrogens is 311 g/mol. The van der Waals surface area contributed by atoms with Gasteiger partial charge in [-0.3, -0.25) is 0 Å². The summed E-state index contributed by atoms with van der Waals surface area (Å²) in [6.45, 7) is 8.30. The van der Waals surface area contributed by atoms with Crippen molar-refractivity contribution >= 4 is 12.6 Å². The fourth-order valence-electron chi connectivity index (χ4n) is 2.66. The molecule has 2 heterocycles. The lowest BCUT2D eigenvalue weighted by atomic mass is 9.79. The van der Waals surface area contributed by atoms with Crippen molar-refractivity contribution in [3.63, 3.8) is 0 Å². The lowest BCUT2D eigenvalue weighted by Gasteiger charge is -2.23. The maximum absolute atomic E-state index is 5.99. The Balaban J connectivity index is 1.67. The van der Waals surface area contributed by atoms with Crippen molar-refractivity contribution in [2.75, 3.05) is 33.5 Å². The molecule has 0 N–H and O–H groups in total. The van der Waals surface area contributed by atoms with Crippen LogP contribution in [0.5, 0.6) is 11.5 Å². The number of methoxy groups -OCH3 is 1. The molecule has 3 rings (SSSR count). The molecule has 0 saturated carbocycles. The zero-order chi connectivity index (χ0) is 17.2. The van der Waals surface area contributed by atoms with Gasteiger partial charge in [-0.1, -0.05) is 6.07 Å². The highest BCUT2D eigenvalue weighted by Gasteiger charge is 2.44. The predicted molar refractivity (Wildman–Crippen MR) is 90.1 cm³/mol. The van der Waals surface area contributed by atoms with Crippen LogP contribution in [0, 0.1) is 0 Å². The third-order valence-corrected chi connectivity index (χ3v) is 4.49. The molecule has 1 aromatic carbocycles. The Morgan fingerprint density at radius 3 is 2.71 bits per heavy atom. The van der Waals surface area contributed by atoms with Crippen LogP contribution >= 0.6 is 0 Å². The zero-order valence-electron chi connectivity index (χ0n) is 14.7. The molecule has 2 saturated heterocycles. The molecule has 0 bridgehead atoms. The standard InChI is InChI=1S/C17H25BO6/c1-12-17(2,3)24-18(23-12)13-5-6-15(16(9-13)19-4)22-11-14-10-20-7-8-21-14/h5-6,9,12,14H,7-8,10-11H2,1-4H3/t12?,14-/m0/s1. The summed E-state index contributed by atoms with van der Waals surface area (Å²) in [5, 5.41) is 0. The van der Waals surface area contributed by atoms with Gasteiger partial charge in [0.05, 0.1) is 38.6 Å². The van der Waals surface area contributed by atoms with Crippen molar-refractivity contribution in [1.82, 2.24) is 0 Å². The molecular formula is C17H25BO6. The first-order chi connectivity index (χ1) is 11.5. The number of ether oxygens (including phenoxy) is 4. The van der Waals surface area contributed by atoms with Crippen molar-refractivity contribution in [2.24, 2.45) is 0 Å². The quantitative estimate of drug-likeness (QED) is 0.758. The first-order valence-corrected chi connectivity index (χ1v) is 8.33. The molecule has 1 unspecified atom stereocenters. The third-order valence-electron chi connectivity index (χ3n) is 4.49. The second-order valence-corrected chi connectivity index (χ2v) is 6.62. The molecule has 6 nitrogen and oxygen atoms in total. The maximum atomic E-state index is 5.99. The van der Waals surface area contributed by atoms with Crippen LogP contribution in [0.2, 0.25) is 0 Å². The monoisotopic (exact) mass is 336 g/mol. The number of benzene rings is 1. The molecule has 0 aliphatic carbocycles. The van der Waals surface area contributed by atoms with Crippen LogP contribution in [0.3, 0.4) is 0 Å². The average molecular weight is 336 g/mol. The molecule has 1 aromatic rings. The van der Waals surface area contributed by atoms with Gasteiger partial charge in [-0.05, 0) is 38.4 Å². The van der Waals surface area contributed by atoms with Gasteiger partial charge in [-0.25, -0.2) is 0 Å². The van der Waals surface area contributed by atoms with Crippen LogP contribution < -0.4 is 14.9 Å². The zero-order valence-corrected chi connectivity index (χ0v) is 14.7. The smallest absolute Gasteiger partial charge is 0.493 e. The highest BCUT2D eigenvalue weighted by molar-refractivity contribution is 6.62. The van der Waals surface area contributed by atoms with Crippen LogP contribution in [0.1, 0.15) is 20.8 Å². The lowest BCUT2D eigenvalue weighted by Crippen LogP contribution is -2.35. The van der Waals surface area contributed by atoms with Crippen LogP contribution in [-0.2, 0) is 18.8 Å². The molecule has 2 fully saturated rings. The molecule has 132 valence electrons. The molecule has 0 aromatic heterocycles. The predicted octanol–water partition coefficient (Wildman–Crippen LogP) is 1.40. The van der Waals surface area contributed by atoms with Crippen molar-refractivity contribution in [1.29, 1.82) is 0 Å². The summed E-state index contributed by atoms with van der Waals surface area (Å²) >= 11 is 0. The minimum Gasteiger partial charge on any atom is -0.493 e. The van der Waals surface area contributed by atoms with Gasteiger partial charge in [0.2, 0.25) is 0 Å². The van der Waals surface area contributed by atoms with E-state index in [0.29, 0.717) is 37.9 Å². The van der Waals surface area contributed by atoms with Crippen molar-refractivity contribution in [3.8, 4) is 11.5 Å². The van der Waals surface area contributed by atoms with Crippen LogP contribution in [-0.4, -0.2) is 58.5 Å². The van der Waals surface area contributed by atoms with Crippen LogP contribution in [0.4, 0.5) is 0 Å². The molecule has 24 heavy (non-hydrogen) atoms. The summed E-state index contributed by atoms with van der Waals surface area (Å²) in [5.41, 5.74) is 0.597. The SMILES string of the molecule is COc1cc(B2OC(C)C(C)(C)O2)ccc1OC[C@@H]1COCCO1. The Hall–Kier alpha value is -1.28.